The lowest BCUT2D eigenvalue weighted by atomic mass is 10.2. The molecule has 1 unspecified atom stereocenters. The summed E-state index contributed by atoms with van der Waals surface area (Å²) in [5, 5.41) is 2.88. The molecule has 0 aliphatic heterocycles. The van der Waals surface area contributed by atoms with E-state index in [-0.39, 0.29) is 0 Å². The molecule has 2 rings (SSSR count). The molecule has 0 spiro atoms. The van der Waals surface area contributed by atoms with Crippen LogP contribution in [-0.4, -0.2) is 17.0 Å². The first-order chi connectivity index (χ1) is 8.22. The van der Waals surface area contributed by atoms with Crippen molar-refractivity contribution < 1.29 is 0 Å². The largest absolute Gasteiger partial charge is 0.336 e. The Bertz CT molecular complexity index is 455. The number of nitrogens with zero attached hydrogens (tertiary/aromatic N) is 3. The fraction of sp³-hybridized carbons (Fsp3) is 0.333. The zero-order valence-corrected chi connectivity index (χ0v) is 12.2. The molecule has 0 saturated heterocycles. The van der Waals surface area contributed by atoms with Gasteiger partial charge >= 0.3 is 0 Å². The van der Waals surface area contributed by atoms with E-state index in [0.717, 1.165) is 16.8 Å². The quantitative estimate of drug-likeness (QED) is 0.807. The fourth-order valence-electron chi connectivity index (χ4n) is 1.49. The topological polar surface area (TPSA) is 29.0 Å². The van der Waals surface area contributed by atoms with Crippen LogP contribution in [0.5, 0.6) is 0 Å². The molecule has 0 radical (unpaired) electrons. The number of alkyl halides is 1. The lowest BCUT2D eigenvalue weighted by molar-refractivity contribution is 0.726. The van der Waals surface area contributed by atoms with E-state index in [0.29, 0.717) is 6.04 Å². The van der Waals surface area contributed by atoms with E-state index in [1.54, 1.807) is 11.3 Å². The Balaban J connectivity index is 2.16. The number of thiophene rings is 1. The molecule has 0 fully saturated rings. The molecule has 1 atom stereocenters. The van der Waals surface area contributed by atoms with Gasteiger partial charge in [0, 0.05) is 29.6 Å². The van der Waals surface area contributed by atoms with E-state index in [2.05, 4.69) is 55.2 Å². The summed E-state index contributed by atoms with van der Waals surface area (Å²) in [6.07, 6.45) is 3.71. The minimum Gasteiger partial charge on any atom is -0.336 e. The summed E-state index contributed by atoms with van der Waals surface area (Å²) in [6, 6.07) is 4.50. The second-order valence-electron chi connectivity index (χ2n) is 3.83. The SMILES string of the molecule is CC(c1cccs1)N(C)c1ncc(CBr)cn1. The molecule has 90 valence electrons. The van der Waals surface area contributed by atoms with Gasteiger partial charge in [0.1, 0.15) is 0 Å². The molecule has 5 heteroatoms. The number of aromatic nitrogens is 2. The molecule has 2 heterocycles. The maximum atomic E-state index is 4.37. The second kappa shape index (κ2) is 5.60. The monoisotopic (exact) mass is 311 g/mol. The highest BCUT2D eigenvalue weighted by molar-refractivity contribution is 9.08. The van der Waals surface area contributed by atoms with Gasteiger partial charge in [-0.25, -0.2) is 9.97 Å². The Kier molecular flexibility index (Phi) is 4.12. The van der Waals surface area contributed by atoms with Gasteiger partial charge in [-0.2, -0.15) is 0 Å². The van der Waals surface area contributed by atoms with Crippen molar-refractivity contribution in [3.05, 3.63) is 40.3 Å². The van der Waals surface area contributed by atoms with Crippen molar-refractivity contribution >= 4 is 33.2 Å². The van der Waals surface area contributed by atoms with Crippen molar-refractivity contribution in [2.24, 2.45) is 0 Å². The molecule has 0 aliphatic rings. The van der Waals surface area contributed by atoms with Gasteiger partial charge in [0.05, 0.1) is 6.04 Å². The van der Waals surface area contributed by atoms with Crippen LogP contribution in [0.2, 0.25) is 0 Å². The summed E-state index contributed by atoms with van der Waals surface area (Å²) in [7, 11) is 2.02. The number of hydrogen-bond acceptors (Lipinski definition) is 4. The van der Waals surface area contributed by atoms with E-state index in [1.165, 1.54) is 4.88 Å². The molecule has 0 aromatic carbocycles. The van der Waals surface area contributed by atoms with Crippen LogP contribution in [0.25, 0.3) is 0 Å². The van der Waals surface area contributed by atoms with Crippen LogP contribution in [0.15, 0.2) is 29.9 Å². The van der Waals surface area contributed by atoms with Crippen LogP contribution in [0.1, 0.15) is 23.4 Å². The normalized spacial score (nSPS) is 12.4. The van der Waals surface area contributed by atoms with Crippen molar-refractivity contribution in [3.8, 4) is 0 Å². The Hall–Kier alpha value is -0.940. The molecule has 0 saturated carbocycles. The van der Waals surface area contributed by atoms with Gasteiger partial charge in [0.2, 0.25) is 5.95 Å². The molecule has 0 N–H and O–H groups in total. The Morgan fingerprint density at radius 1 is 1.41 bits per heavy atom. The van der Waals surface area contributed by atoms with Crippen molar-refractivity contribution in [1.29, 1.82) is 0 Å². The van der Waals surface area contributed by atoms with Crippen molar-refractivity contribution in [2.75, 3.05) is 11.9 Å². The maximum Gasteiger partial charge on any atom is 0.225 e. The van der Waals surface area contributed by atoms with Crippen LogP contribution >= 0.6 is 27.3 Å². The Morgan fingerprint density at radius 2 is 2.12 bits per heavy atom. The first-order valence-corrected chi connectivity index (χ1v) is 7.35. The second-order valence-corrected chi connectivity index (χ2v) is 5.37. The van der Waals surface area contributed by atoms with Crippen molar-refractivity contribution in [3.63, 3.8) is 0 Å². The summed E-state index contributed by atoms with van der Waals surface area (Å²) >= 11 is 5.14. The molecule has 2 aromatic heterocycles. The minimum atomic E-state index is 0.296. The van der Waals surface area contributed by atoms with E-state index in [4.69, 9.17) is 0 Å². The molecule has 2 aromatic rings. The lowest BCUT2D eigenvalue weighted by Crippen LogP contribution is -2.23. The first kappa shape index (κ1) is 12.5. The number of anilines is 1. The van der Waals surface area contributed by atoms with Crippen LogP contribution in [0.4, 0.5) is 5.95 Å². The van der Waals surface area contributed by atoms with Gasteiger partial charge in [0.15, 0.2) is 0 Å². The van der Waals surface area contributed by atoms with Gasteiger partial charge in [-0.1, -0.05) is 22.0 Å². The smallest absolute Gasteiger partial charge is 0.225 e. The van der Waals surface area contributed by atoms with Crippen molar-refractivity contribution in [1.82, 2.24) is 9.97 Å². The third-order valence-corrected chi connectivity index (χ3v) is 4.39. The first-order valence-electron chi connectivity index (χ1n) is 5.35. The lowest BCUT2D eigenvalue weighted by Gasteiger charge is -2.23. The Labute approximate surface area is 114 Å². The number of rotatable bonds is 4. The third-order valence-electron chi connectivity index (χ3n) is 2.70. The highest BCUT2D eigenvalue weighted by Crippen LogP contribution is 2.25. The minimum absolute atomic E-state index is 0.296. The van der Waals surface area contributed by atoms with Gasteiger partial charge in [0.25, 0.3) is 0 Å². The number of halogens is 1. The van der Waals surface area contributed by atoms with Crippen LogP contribution in [-0.2, 0) is 5.33 Å². The van der Waals surface area contributed by atoms with Crippen molar-refractivity contribution in [2.45, 2.75) is 18.3 Å². The molecular weight excluding hydrogens is 298 g/mol. The standard InChI is InChI=1S/C12H14BrN3S/c1-9(11-4-3-5-17-11)16(2)12-14-7-10(6-13)8-15-12/h3-5,7-9H,6H2,1-2H3. The summed E-state index contributed by atoms with van der Waals surface area (Å²) < 4.78 is 0. The van der Waals surface area contributed by atoms with E-state index in [9.17, 15) is 0 Å². The predicted octanol–water partition coefficient (Wildman–Crippen LogP) is 3.63. The zero-order valence-electron chi connectivity index (χ0n) is 9.80. The Morgan fingerprint density at radius 3 is 2.65 bits per heavy atom. The van der Waals surface area contributed by atoms with E-state index < -0.39 is 0 Å². The fourth-order valence-corrected chi connectivity index (χ4v) is 2.61. The highest BCUT2D eigenvalue weighted by Gasteiger charge is 2.14. The van der Waals surface area contributed by atoms with Gasteiger partial charge < -0.3 is 4.90 Å². The summed E-state index contributed by atoms with van der Waals surface area (Å²) in [5.41, 5.74) is 1.09. The molecule has 17 heavy (non-hydrogen) atoms. The zero-order chi connectivity index (χ0) is 12.3. The molecular formula is C12H14BrN3S. The molecule has 0 amide bonds. The summed E-state index contributed by atoms with van der Waals surface area (Å²) in [5.74, 6) is 0.760. The summed E-state index contributed by atoms with van der Waals surface area (Å²) in [4.78, 5) is 12.1. The third kappa shape index (κ3) is 2.84. The average molecular weight is 312 g/mol. The average Bonchev–Trinajstić information content (AvgIpc) is 2.91. The van der Waals surface area contributed by atoms with Crippen LogP contribution in [0.3, 0.4) is 0 Å². The van der Waals surface area contributed by atoms with E-state index in [1.807, 2.05) is 19.4 Å². The number of hydrogen-bond donors (Lipinski definition) is 0. The van der Waals surface area contributed by atoms with Gasteiger partial charge in [-0.3, -0.25) is 0 Å². The van der Waals surface area contributed by atoms with Crippen LogP contribution in [0, 0.1) is 0 Å². The molecule has 0 aliphatic carbocycles. The molecule has 3 nitrogen and oxygen atoms in total. The molecule has 0 bridgehead atoms. The summed E-state index contributed by atoms with van der Waals surface area (Å²) in [6.45, 7) is 2.16. The maximum absolute atomic E-state index is 4.37. The van der Waals surface area contributed by atoms with E-state index >= 15 is 0 Å². The van der Waals surface area contributed by atoms with Gasteiger partial charge in [-0.15, -0.1) is 11.3 Å². The highest BCUT2D eigenvalue weighted by atomic mass is 79.9. The van der Waals surface area contributed by atoms with Crippen LogP contribution < -0.4 is 4.90 Å². The van der Waals surface area contributed by atoms with Gasteiger partial charge in [-0.05, 0) is 23.9 Å². The predicted molar refractivity (Wildman–Crippen MR) is 75.8 cm³/mol.